The predicted octanol–water partition coefficient (Wildman–Crippen LogP) is 3.94. The smallest absolute Gasteiger partial charge is 0.343 e. The van der Waals surface area contributed by atoms with Gasteiger partial charge >= 0.3 is 5.97 Å². The molecular formula is C22H19NO5. The first-order valence-corrected chi connectivity index (χ1v) is 8.57. The van der Waals surface area contributed by atoms with E-state index in [4.69, 9.17) is 9.47 Å². The molecule has 0 saturated heterocycles. The Kier molecular flexibility index (Phi) is 5.91. The molecule has 0 unspecified atom stereocenters. The predicted molar refractivity (Wildman–Crippen MR) is 104 cm³/mol. The molecule has 1 amide bonds. The third-order valence-corrected chi connectivity index (χ3v) is 4.03. The third kappa shape index (κ3) is 4.48. The molecule has 2 N–H and O–H groups in total. The number of carbonyl (C=O) groups is 2. The van der Waals surface area contributed by atoms with Crippen LogP contribution in [0.15, 0.2) is 78.9 Å². The van der Waals surface area contributed by atoms with Crippen molar-refractivity contribution in [1.82, 2.24) is 0 Å². The SMILES string of the molecule is COc1cccc(NC(=O)[C@@H](OC(=O)c2ccccc2O)c2ccccc2)c1. The molecule has 0 heterocycles. The van der Waals surface area contributed by atoms with Crippen molar-refractivity contribution >= 4 is 17.6 Å². The molecule has 3 aromatic carbocycles. The number of benzene rings is 3. The van der Waals surface area contributed by atoms with Gasteiger partial charge in [-0.15, -0.1) is 0 Å². The van der Waals surface area contributed by atoms with Gasteiger partial charge in [0.25, 0.3) is 5.91 Å². The van der Waals surface area contributed by atoms with E-state index >= 15 is 0 Å². The second kappa shape index (κ2) is 8.73. The molecule has 6 heteroatoms. The van der Waals surface area contributed by atoms with Gasteiger partial charge in [-0.25, -0.2) is 4.79 Å². The van der Waals surface area contributed by atoms with Crippen molar-refractivity contribution in [2.24, 2.45) is 0 Å². The summed E-state index contributed by atoms with van der Waals surface area (Å²) in [7, 11) is 1.53. The molecular weight excluding hydrogens is 358 g/mol. The largest absolute Gasteiger partial charge is 0.507 e. The van der Waals surface area contributed by atoms with Gasteiger partial charge in [-0.1, -0.05) is 48.5 Å². The lowest BCUT2D eigenvalue weighted by Crippen LogP contribution is -2.26. The first kappa shape index (κ1) is 19.0. The van der Waals surface area contributed by atoms with Gasteiger partial charge < -0.3 is 19.9 Å². The maximum atomic E-state index is 12.9. The van der Waals surface area contributed by atoms with Gasteiger partial charge in [0.1, 0.15) is 17.1 Å². The molecule has 0 aliphatic heterocycles. The Bertz CT molecular complexity index is 971. The molecule has 0 saturated carbocycles. The summed E-state index contributed by atoms with van der Waals surface area (Å²) in [5.41, 5.74) is 0.994. The lowest BCUT2D eigenvalue weighted by Gasteiger charge is -2.18. The minimum Gasteiger partial charge on any atom is -0.507 e. The van der Waals surface area contributed by atoms with Crippen LogP contribution in [0.5, 0.6) is 11.5 Å². The van der Waals surface area contributed by atoms with Gasteiger partial charge in [-0.05, 0) is 24.3 Å². The summed E-state index contributed by atoms with van der Waals surface area (Å²) >= 11 is 0. The van der Waals surface area contributed by atoms with Crippen LogP contribution in [0.3, 0.4) is 0 Å². The van der Waals surface area contributed by atoms with Crippen LogP contribution in [0.1, 0.15) is 22.0 Å². The summed E-state index contributed by atoms with van der Waals surface area (Å²) in [5, 5.41) is 12.6. The monoisotopic (exact) mass is 377 g/mol. The van der Waals surface area contributed by atoms with Crippen molar-refractivity contribution < 1.29 is 24.2 Å². The lowest BCUT2D eigenvalue weighted by atomic mass is 10.1. The van der Waals surface area contributed by atoms with E-state index in [1.165, 1.54) is 19.2 Å². The van der Waals surface area contributed by atoms with E-state index in [0.717, 1.165) is 0 Å². The molecule has 0 radical (unpaired) electrons. The Labute approximate surface area is 162 Å². The molecule has 0 aliphatic rings. The van der Waals surface area contributed by atoms with E-state index in [1.807, 2.05) is 0 Å². The Balaban J connectivity index is 1.86. The minimum atomic E-state index is -1.19. The van der Waals surface area contributed by atoms with Crippen LogP contribution in [0.4, 0.5) is 5.69 Å². The van der Waals surface area contributed by atoms with Crippen molar-refractivity contribution in [1.29, 1.82) is 0 Å². The first-order valence-electron chi connectivity index (χ1n) is 8.57. The molecule has 0 fully saturated rings. The van der Waals surface area contributed by atoms with E-state index in [1.54, 1.807) is 66.7 Å². The van der Waals surface area contributed by atoms with E-state index in [-0.39, 0.29) is 11.3 Å². The Morgan fingerprint density at radius 1 is 0.929 bits per heavy atom. The molecule has 0 aliphatic carbocycles. The van der Waals surface area contributed by atoms with Crippen molar-refractivity contribution in [3.8, 4) is 11.5 Å². The highest BCUT2D eigenvalue weighted by atomic mass is 16.5. The van der Waals surface area contributed by atoms with Crippen LogP contribution in [0, 0.1) is 0 Å². The minimum absolute atomic E-state index is 0.0161. The molecule has 142 valence electrons. The molecule has 1 atom stereocenters. The van der Waals surface area contributed by atoms with Crippen LogP contribution < -0.4 is 10.1 Å². The number of aromatic hydroxyl groups is 1. The number of rotatable bonds is 6. The number of phenols is 1. The second-order valence-corrected chi connectivity index (χ2v) is 5.93. The summed E-state index contributed by atoms with van der Waals surface area (Å²) in [6.07, 6.45) is -1.19. The molecule has 3 aromatic rings. The van der Waals surface area contributed by atoms with Gasteiger partial charge in [-0.3, -0.25) is 4.79 Å². The molecule has 28 heavy (non-hydrogen) atoms. The molecule has 0 aromatic heterocycles. The van der Waals surface area contributed by atoms with E-state index in [9.17, 15) is 14.7 Å². The number of anilines is 1. The lowest BCUT2D eigenvalue weighted by molar-refractivity contribution is -0.125. The zero-order valence-corrected chi connectivity index (χ0v) is 15.2. The van der Waals surface area contributed by atoms with Crippen LogP contribution in [0.25, 0.3) is 0 Å². The molecule has 0 spiro atoms. The van der Waals surface area contributed by atoms with Crippen molar-refractivity contribution in [3.05, 3.63) is 90.0 Å². The number of ether oxygens (including phenoxy) is 2. The number of nitrogens with one attached hydrogen (secondary N) is 1. The Hall–Kier alpha value is -3.80. The fourth-order valence-electron chi connectivity index (χ4n) is 2.63. The van der Waals surface area contributed by atoms with E-state index < -0.39 is 18.0 Å². The maximum absolute atomic E-state index is 12.9. The van der Waals surface area contributed by atoms with Gasteiger partial charge in [0.05, 0.1) is 7.11 Å². The zero-order chi connectivity index (χ0) is 19.9. The molecule has 6 nitrogen and oxygen atoms in total. The van der Waals surface area contributed by atoms with Crippen LogP contribution in [0.2, 0.25) is 0 Å². The van der Waals surface area contributed by atoms with E-state index in [2.05, 4.69) is 5.32 Å². The maximum Gasteiger partial charge on any atom is 0.343 e. The fourth-order valence-corrected chi connectivity index (χ4v) is 2.63. The van der Waals surface area contributed by atoms with Crippen LogP contribution in [-0.4, -0.2) is 24.1 Å². The number of hydrogen-bond acceptors (Lipinski definition) is 5. The first-order chi connectivity index (χ1) is 13.6. The quantitative estimate of drug-likeness (QED) is 0.636. The standard InChI is InChI=1S/C22H19NO5/c1-27-17-11-7-10-16(14-17)23-21(25)20(15-8-3-2-4-9-15)28-22(26)18-12-5-6-13-19(18)24/h2-14,20,24H,1H3,(H,23,25)/t20-/m0/s1. The number of methoxy groups -OCH3 is 1. The van der Waals surface area contributed by atoms with Crippen molar-refractivity contribution in [2.75, 3.05) is 12.4 Å². The summed E-state index contributed by atoms with van der Waals surface area (Å²) in [6.45, 7) is 0. The highest BCUT2D eigenvalue weighted by molar-refractivity contribution is 5.99. The Morgan fingerprint density at radius 3 is 2.36 bits per heavy atom. The molecule has 0 bridgehead atoms. The van der Waals surface area contributed by atoms with Gasteiger partial charge in [0, 0.05) is 17.3 Å². The fraction of sp³-hybridized carbons (Fsp3) is 0.0909. The highest BCUT2D eigenvalue weighted by Gasteiger charge is 2.26. The normalized spacial score (nSPS) is 11.3. The third-order valence-electron chi connectivity index (χ3n) is 4.03. The summed E-state index contributed by atoms with van der Waals surface area (Å²) in [5.74, 6) is -0.955. The number of amides is 1. The van der Waals surface area contributed by atoms with Gasteiger partial charge in [0.2, 0.25) is 6.10 Å². The number of hydrogen-bond donors (Lipinski definition) is 2. The number of phenolic OH excluding ortho intramolecular Hbond substituents is 1. The number of para-hydroxylation sites is 1. The Morgan fingerprint density at radius 2 is 1.64 bits per heavy atom. The van der Waals surface area contributed by atoms with Crippen molar-refractivity contribution in [3.63, 3.8) is 0 Å². The van der Waals surface area contributed by atoms with Crippen molar-refractivity contribution in [2.45, 2.75) is 6.10 Å². The second-order valence-electron chi connectivity index (χ2n) is 5.93. The summed E-state index contributed by atoms with van der Waals surface area (Å²) < 4.78 is 10.6. The van der Waals surface area contributed by atoms with Gasteiger partial charge in [-0.2, -0.15) is 0 Å². The number of carbonyl (C=O) groups excluding carboxylic acids is 2. The van der Waals surface area contributed by atoms with Crippen LogP contribution in [-0.2, 0) is 9.53 Å². The van der Waals surface area contributed by atoms with Crippen LogP contribution >= 0.6 is 0 Å². The van der Waals surface area contributed by atoms with Gasteiger partial charge in [0.15, 0.2) is 0 Å². The highest BCUT2D eigenvalue weighted by Crippen LogP contribution is 2.25. The topological polar surface area (TPSA) is 84.9 Å². The average Bonchev–Trinajstić information content (AvgIpc) is 2.73. The summed E-state index contributed by atoms with van der Waals surface area (Å²) in [4.78, 5) is 25.4. The van der Waals surface area contributed by atoms with E-state index in [0.29, 0.717) is 17.0 Å². The zero-order valence-electron chi connectivity index (χ0n) is 15.2. The average molecular weight is 377 g/mol. The summed E-state index contributed by atoms with van der Waals surface area (Å²) in [6, 6.07) is 21.5. The number of esters is 1. The molecule has 3 rings (SSSR count).